The lowest BCUT2D eigenvalue weighted by Gasteiger charge is -2.19. The van der Waals surface area contributed by atoms with Gasteiger partial charge in [-0.15, -0.1) is 0 Å². The van der Waals surface area contributed by atoms with Crippen LogP contribution in [-0.4, -0.2) is 22.7 Å². The number of carbonyl (C=O) groups is 1. The first-order valence-electron chi connectivity index (χ1n) is 5.74. The molecule has 0 unspecified atom stereocenters. The molecule has 1 aromatic carbocycles. The number of phenols is 1. The molecule has 0 spiro atoms. The predicted molar refractivity (Wildman–Crippen MR) is 73.5 cm³/mol. The smallest absolute Gasteiger partial charge is 0.309 e. The summed E-state index contributed by atoms with van der Waals surface area (Å²) in [5, 5.41) is 21.5. The molecule has 0 aliphatic heterocycles. The fourth-order valence-corrected chi connectivity index (χ4v) is 1.81. The number of aromatic hydroxyl groups is 1. The van der Waals surface area contributed by atoms with Crippen molar-refractivity contribution in [2.75, 3.05) is 6.54 Å². The Morgan fingerprint density at radius 3 is 2.72 bits per heavy atom. The fourth-order valence-electron chi connectivity index (χ4n) is 1.43. The fraction of sp³-hybridized carbons (Fsp3) is 0.462. The summed E-state index contributed by atoms with van der Waals surface area (Å²) >= 11 is 3.40. The van der Waals surface area contributed by atoms with Gasteiger partial charge >= 0.3 is 5.97 Å². The molecule has 0 heterocycles. The number of benzene rings is 1. The molecule has 4 nitrogen and oxygen atoms in total. The van der Waals surface area contributed by atoms with E-state index in [1.54, 1.807) is 32.0 Å². The van der Waals surface area contributed by atoms with E-state index in [0.29, 0.717) is 19.5 Å². The molecule has 5 heteroatoms. The molecular weight excluding hydrogens is 298 g/mol. The Morgan fingerprint density at radius 2 is 2.11 bits per heavy atom. The Kier molecular flexibility index (Phi) is 5.16. The Bertz CT molecular complexity index is 432. The Labute approximate surface area is 115 Å². The van der Waals surface area contributed by atoms with Crippen molar-refractivity contribution in [3.8, 4) is 5.75 Å². The first kappa shape index (κ1) is 15.0. The second-order valence-corrected chi connectivity index (χ2v) is 5.75. The van der Waals surface area contributed by atoms with Gasteiger partial charge in [-0.05, 0) is 50.6 Å². The molecule has 100 valence electrons. The Morgan fingerprint density at radius 1 is 1.44 bits per heavy atom. The number of rotatable bonds is 6. The molecular formula is C13H18BrNO3. The Hall–Kier alpha value is -1.07. The van der Waals surface area contributed by atoms with E-state index in [1.807, 2.05) is 0 Å². The second kappa shape index (κ2) is 6.20. The van der Waals surface area contributed by atoms with Crippen molar-refractivity contribution >= 4 is 21.9 Å². The van der Waals surface area contributed by atoms with Crippen LogP contribution in [0.4, 0.5) is 0 Å². The van der Waals surface area contributed by atoms with Gasteiger partial charge < -0.3 is 15.5 Å². The van der Waals surface area contributed by atoms with Crippen LogP contribution in [0.2, 0.25) is 0 Å². The summed E-state index contributed by atoms with van der Waals surface area (Å²) < 4.78 is 0.922. The van der Waals surface area contributed by atoms with Crippen molar-refractivity contribution in [2.24, 2.45) is 5.41 Å². The van der Waals surface area contributed by atoms with Crippen LogP contribution < -0.4 is 5.32 Å². The molecule has 3 N–H and O–H groups in total. The molecule has 0 aromatic heterocycles. The van der Waals surface area contributed by atoms with Crippen molar-refractivity contribution in [3.05, 3.63) is 28.2 Å². The van der Waals surface area contributed by atoms with Gasteiger partial charge in [0.25, 0.3) is 0 Å². The highest BCUT2D eigenvalue weighted by Crippen LogP contribution is 2.22. The lowest BCUT2D eigenvalue weighted by atomic mass is 9.90. The minimum atomic E-state index is -0.789. The standard InChI is InChI=1S/C13H18BrNO3/c1-13(2,12(17)18)5-6-15-8-9-7-10(16)3-4-11(9)14/h3-4,7,15-16H,5-6,8H2,1-2H3,(H,17,18). The zero-order chi connectivity index (χ0) is 13.8. The van der Waals surface area contributed by atoms with Crippen LogP contribution in [0, 0.1) is 5.41 Å². The number of carboxylic acid groups (broad SMARTS) is 1. The molecule has 18 heavy (non-hydrogen) atoms. The van der Waals surface area contributed by atoms with Crippen molar-refractivity contribution in [2.45, 2.75) is 26.8 Å². The van der Waals surface area contributed by atoms with E-state index in [2.05, 4.69) is 21.2 Å². The lowest BCUT2D eigenvalue weighted by molar-refractivity contribution is -0.147. The third kappa shape index (κ3) is 4.31. The number of nitrogens with one attached hydrogen (secondary N) is 1. The maximum absolute atomic E-state index is 10.9. The molecule has 0 aliphatic rings. The number of phenolic OH excluding ortho intramolecular Hbond substituents is 1. The third-order valence-corrected chi connectivity index (χ3v) is 3.62. The molecule has 1 rings (SSSR count). The zero-order valence-corrected chi connectivity index (χ0v) is 12.1. The minimum absolute atomic E-state index is 0.223. The van der Waals surface area contributed by atoms with Gasteiger partial charge in [0.1, 0.15) is 5.75 Å². The highest BCUT2D eigenvalue weighted by Gasteiger charge is 2.26. The maximum Gasteiger partial charge on any atom is 0.309 e. The van der Waals surface area contributed by atoms with Crippen LogP contribution >= 0.6 is 15.9 Å². The maximum atomic E-state index is 10.9. The summed E-state index contributed by atoms with van der Waals surface area (Å²) in [7, 11) is 0. The molecule has 0 saturated heterocycles. The summed E-state index contributed by atoms with van der Waals surface area (Å²) in [6.07, 6.45) is 0.554. The van der Waals surface area contributed by atoms with Gasteiger partial charge in [-0.3, -0.25) is 4.79 Å². The molecule has 0 radical (unpaired) electrons. The van der Waals surface area contributed by atoms with E-state index in [4.69, 9.17) is 5.11 Å². The third-order valence-electron chi connectivity index (χ3n) is 2.85. The second-order valence-electron chi connectivity index (χ2n) is 4.89. The van der Waals surface area contributed by atoms with Crippen LogP contribution in [0.15, 0.2) is 22.7 Å². The minimum Gasteiger partial charge on any atom is -0.508 e. The van der Waals surface area contributed by atoms with E-state index in [9.17, 15) is 9.90 Å². The van der Waals surface area contributed by atoms with Crippen LogP contribution in [0.25, 0.3) is 0 Å². The normalized spacial score (nSPS) is 11.5. The lowest BCUT2D eigenvalue weighted by Crippen LogP contribution is -2.28. The van der Waals surface area contributed by atoms with E-state index < -0.39 is 11.4 Å². The largest absolute Gasteiger partial charge is 0.508 e. The molecule has 0 atom stereocenters. The number of halogens is 1. The van der Waals surface area contributed by atoms with E-state index in [1.165, 1.54) is 0 Å². The van der Waals surface area contributed by atoms with Crippen molar-refractivity contribution in [1.29, 1.82) is 0 Å². The summed E-state index contributed by atoms with van der Waals surface area (Å²) in [6, 6.07) is 5.08. The van der Waals surface area contributed by atoms with Crippen LogP contribution in [0.5, 0.6) is 5.75 Å². The number of hydrogen-bond donors (Lipinski definition) is 3. The summed E-state index contributed by atoms with van der Waals surface area (Å²) in [6.45, 7) is 4.62. The monoisotopic (exact) mass is 315 g/mol. The number of hydrogen-bond acceptors (Lipinski definition) is 3. The van der Waals surface area contributed by atoms with Crippen molar-refractivity contribution < 1.29 is 15.0 Å². The molecule has 0 bridgehead atoms. The van der Waals surface area contributed by atoms with Crippen LogP contribution in [0.1, 0.15) is 25.8 Å². The van der Waals surface area contributed by atoms with Gasteiger partial charge in [-0.25, -0.2) is 0 Å². The molecule has 0 amide bonds. The number of aliphatic carboxylic acids is 1. The molecule has 1 aromatic rings. The molecule has 0 aliphatic carbocycles. The summed E-state index contributed by atoms with van der Waals surface area (Å²) in [5.74, 6) is -0.566. The topological polar surface area (TPSA) is 69.6 Å². The first-order chi connectivity index (χ1) is 8.33. The summed E-state index contributed by atoms with van der Waals surface area (Å²) in [4.78, 5) is 10.9. The van der Waals surface area contributed by atoms with Crippen LogP contribution in [0.3, 0.4) is 0 Å². The predicted octanol–water partition coefficient (Wildman–Crippen LogP) is 2.75. The van der Waals surface area contributed by atoms with Gasteiger partial charge in [0.15, 0.2) is 0 Å². The highest BCUT2D eigenvalue weighted by atomic mass is 79.9. The van der Waals surface area contributed by atoms with Gasteiger partial charge in [-0.2, -0.15) is 0 Å². The highest BCUT2D eigenvalue weighted by molar-refractivity contribution is 9.10. The average molecular weight is 316 g/mol. The van der Waals surface area contributed by atoms with E-state index in [0.717, 1.165) is 10.0 Å². The zero-order valence-electron chi connectivity index (χ0n) is 10.5. The van der Waals surface area contributed by atoms with Crippen LogP contribution in [-0.2, 0) is 11.3 Å². The average Bonchev–Trinajstić information content (AvgIpc) is 2.28. The first-order valence-corrected chi connectivity index (χ1v) is 6.54. The Balaban J connectivity index is 2.43. The van der Waals surface area contributed by atoms with Gasteiger partial charge in [0.05, 0.1) is 5.41 Å². The van der Waals surface area contributed by atoms with E-state index in [-0.39, 0.29) is 5.75 Å². The van der Waals surface area contributed by atoms with Gasteiger partial charge in [0.2, 0.25) is 0 Å². The van der Waals surface area contributed by atoms with Gasteiger partial charge in [0, 0.05) is 11.0 Å². The molecule has 0 fully saturated rings. The van der Waals surface area contributed by atoms with Gasteiger partial charge in [-0.1, -0.05) is 15.9 Å². The number of carboxylic acids is 1. The SMILES string of the molecule is CC(C)(CCNCc1cc(O)ccc1Br)C(=O)O. The van der Waals surface area contributed by atoms with E-state index >= 15 is 0 Å². The van der Waals surface area contributed by atoms with Crippen molar-refractivity contribution in [3.63, 3.8) is 0 Å². The quantitative estimate of drug-likeness (QED) is 0.706. The molecule has 0 saturated carbocycles. The summed E-state index contributed by atoms with van der Waals surface area (Å²) in [5.41, 5.74) is 0.228. The van der Waals surface area contributed by atoms with Crippen molar-refractivity contribution in [1.82, 2.24) is 5.32 Å².